The fraction of sp³-hybridized carbons (Fsp3) is 1.00. The van der Waals surface area contributed by atoms with E-state index in [2.05, 4.69) is 9.47 Å². The second kappa shape index (κ2) is 5.49. The Morgan fingerprint density at radius 2 is 1.36 bits per heavy atom. The van der Waals surface area contributed by atoms with Crippen LogP contribution < -0.4 is 0 Å². The number of hydrogen-bond donors (Lipinski definition) is 2. The molecule has 0 atom stereocenters. The van der Waals surface area contributed by atoms with Crippen molar-refractivity contribution in [2.75, 3.05) is 13.2 Å². The summed E-state index contributed by atoms with van der Waals surface area (Å²) >= 11 is 0. The average molecular weight is 164 g/mol. The molecule has 0 saturated heterocycles. The van der Waals surface area contributed by atoms with Crippen LogP contribution in [-0.4, -0.2) is 29.6 Å². The van der Waals surface area contributed by atoms with Crippen molar-refractivity contribution in [3.63, 3.8) is 0 Å². The first-order valence-corrected chi connectivity index (χ1v) is 3.85. The van der Waals surface area contributed by atoms with Crippen LogP contribution in [0, 0.1) is 0 Å². The normalized spacial score (nSPS) is 12.0. The molecule has 0 unspecified atom stereocenters. The standard InChI is InChI=1S/C7H16O4/c1-3-5-10-7(8,9)11-6-4-2/h8-9H,3-6H2,1-2H3. The predicted molar refractivity (Wildman–Crippen MR) is 39.7 cm³/mol. The number of ether oxygens (including phenoxy) is 2. The third-order valence-corrected chi connectivity index (χ3v) is 0.988. The maximum absolute atomic E-state index is 8.89. The third-order valence-electron chi connectivity index (χ3n) is 0.988. The van der Waals surface area contributed by atoms with Crippen LogP contribution in [0.2, 0.25) is 0 Å². The van der Waals surface area contributed by atoms with Crippen LogP contribution in [0.1, 0.15) is 26.7 Å². The molecule has 2 N–H and O–H groups in total. The van der Waals surface area contributed by atoms with Gasteiger partial charge in [-0.25, -0.2) is 0 Å². The highest BCUT2D eigenvalue weighted by Gasteiger charge is 2.24. The van der Waals surface area contributed by atoms with E-state index in [-0.39, 0.29) is 13.2 Å². The van der Waals surface area contributed by atoms with E-state index >= 15 is 0 Å². The highest BCUT2D eigenvalue weighted by molar-refractivity contribution is 4.33. The summed E-state index contributed by atoms with van der Waals surface area (Å²) in [6, 6.07) is 0. The van der Waals surface area contributed by atoms with Crippen molar-refractivity contribution in [1.82, 2.24) is 0 Å². The Morgan fingerprint density at radius 1 is 1.00 bits per heavy atom. The summed E-state index contributed by atoms with van der Waals surface area (Å²) in [6.45, 7) is 4.29. The first-order valence-electron chi connectivity index (χ1n) is 3.85. The molecule has 0 radical (unpaired) electrons. The van der Waals surface area contributed by atoms with E-state index in [1.54, 1.807) is 0 Å². The molecule has 0 bridgehead atoms. The van der Waals surface area contributed by atoms with Crippen molar-refractivity contribution >= 4 is 0 Å². The average Bonchev–Trinajstić information content (AvgIpc) is 1.97. The maximum atomic E-state index is 8.89. The van der Waals surface area contributed by atoms with Gasteiger partial charge in [0.25, 0.3) is 0 Å². The molecule has 0 amide bonds. The SMILES string of the molecule is CCCOC(O)(O)OCCC. The van der Waals surface area contributed by atoms with E-state index in [4.69, 9.17) is 10.2 Å². The molecule has 0 rings (SSSR count). The Labute approximate surface area is 66.7 Å². The van der Waals surface area contributed by atoms with Crippen molar-refractivity contribution in [3.8, 4) is 0 Å². The molecular weight excluding hydrogens is 148 g/mol. The van der Waals surface area contributed by atoms with Gasteiger partial charge in [0.1, 0.15) is 0 Å². The summed E-state index contributed by atoms with van der Waals surface area (Å²) in [7, 11) is 0. The molecule has 0 aliphatic rings. The van der Waals surface area contributed by atoms with Gasteiger partial charge in [-0.3, -0.25) is 0 Å². The Morgan fingerprint density at radius 3 is 1.64 bits per heavy atom. The van der Waals surface area contributed by atoms with Crippen LogP contribution in [0.15, 0.2) is 0 Å². The van der Waals surface area contributed by atoms with Gasteiger partial charge in [-0.05, 0) is 12.8 Å². The first-order chi connectivity index (χ1) is 5.12. The molecule has 0 aromatic heterocycles. The first kappa shape index (κ1) is 10.8. The van der Waals surface area contributed by atoms with Crippen LogP contribution in [0.3, 0.4) is 0 Å². The molecular formula is C7H16O4. The van der Waals surface area contributed by atoms with E-state index in [9.17, 15) is 0 Å². The summed E-state index contributed by atoms with van der Waals surface area (Å²) < 4.78 is 9.14. The van der Waals surface area contributed by atoms with Crippen LogP contribution >= 0.6 is 0 Å². The Hall–Kier alpha value is -0.160. The minimum absolute atomic E-state index is 0.275. The zero-order valence-corrected chi connectivity index (χ0v) is 7.04. The summed E-state index contributed by atoms with van der Waals surface area (Å²) in [4.78, 5) is 0. The van der Waals surface area contributed by atoms with Crippen molar-refractivity contribution in [2.45, 2.75) is 32.8 Å². The number of rotatable bonds is 6. The number of hydrogen-bond acceptors (Lipinski definition) is 4. The molecule has 0 aromatic rings. The van der Waals surface area contributed by atoms with Gasteiger partial charge in [0.05, 0.1) is 13.2 Å². The zero-order valence-electron chi connectivity index (χ0n) is 7.04. The molecule has 4 heteroatoms. The fourth-order valence-corrected chi connectivity index (χ4v) is 0.512. The Kier molecular flexibility index (Phi) is 5.41. The molecule has 0 saturated carbocycles. The summed E-state index contributed by atoms with van der Waals surface area (Å²) in [5.41, 5.74) is 0. The minimum Gasteiger partial charge on any atom is -0.319 e. The van der Waals surface area contributed by atoms with E-state index in [0.29, 0.717) is 0 Å². The largest absolute Gasteiger partial charge is 0.407 e. The van der Waals surface area contributed by atoms with E-state index in [0.717, 1.165) is 12.8 Å². The van der Waals surface area contributed by atoms with Crippen LogP contribution in [0.5, 0.6) is 0 Å². The third kappa shape index (κ3) is 6.25. The van der Waals surface area contributed by atoms with Crippen molar-refractivity contribution in [1.29, 1.82) is 0 Å². The van der Waals surface area contributed by atoms with Crippen molar-refractivity contribution in [2.24, 2.45) is 0 Å². The molecule has 0 aliphatic heterocycles. The van der Waals surface area contributed by atoms with Gasteiger partial charge in [0.15, 0.2) is 0 Å². The smallest absolute Gasteiger partial charge is 0.319 e. The highest BCUT2D eigenvalue weighted by atomic mass is 16.9. The Bertz CT molecular complexity index is 82.4. The molecule has 0 aliphatic carbocycles. The molecule has 11 heavy (non-hydrogen) atoms. The topological polar surface area (TPSA) is 58.9 Å². The van der Waals surface area contributed by atoms with E-state index in [1.165, 1.54) is 0 Å². The van der Waals surface area contributed by atoms with Crippen molar-refractivity contribution < 1.29 is 19.7 Å². The molecule has 68 valence electrons. The van der Waals surface area contributed by atoms with Gasteiger partial charge in [-0.15, -0.1) is 0 Å². The zero-order chi connectivity index (χ0) is 8.74. The monoisotopic (exact) mass is 164 g/mol. The molecule has 0 aromatic carbocycles. The quantitative estimate of drug-likeness (QED) is 0.559. The lowest BCUT2D eigenvalue weighted by atomic mass is 10.5. The highest BCUT2D eigenvalue weighted by Crippen LogP contribution is 2.04. The van der Waals surface area contributed by atoms with Gasteiger partial charge in [-0.1, -0.05) is 13.8 Å². The van der Waals surface area contributed by atoms with Crippen LogP contribution in [-0.2, 0) is 9.47 Å². The lowest BCUT2D eigenvalue weighted by Crippen LogP contribution is -2.35. The lowest BCUT2D eigenvalue weighted by Gasteiger charge is -2.20. The fourth-order valence-electron chi connectivity index (χ4n) is 0.512. The van der Waals surface area contributed by atoms with Gasteiger partial charge < -0.3 is 19.7 Å². The predicted octanol–water partition coefficient (Wildman–Crippen LogP) is 0.436. The second-order valence-electron chi connectivity index (χ2n) is 2.25. The summed E-state index contributed by atoms with van der Waals surface area (Å²) in [6.07, 6.45) is -0.956. The molecule has 0 fully saturated rings. The Balaban J connectivity index is 3.43. The van der Waals surface area contributed by atoms with E-state index in [1.807, 2.05) is 13.8 Å². The molecule has 0 heterocycles. The van der Waals surface area contributed by atoms with Gasteiger partial charge in [0, 0.05) is 0 Å². The molecule has 0 spiro atoms. The maximum Gasteiger partial charge on any atom is 0.407 e. The molecule has 4 nitrogen and oxygen atoms in total. The number of aliphatic hydroxyl groups is 2. The minimum atomic E-state index is -2.40. The van der Waals surface area contributed by atoms with Gasteiger partial charge in [-0.2, -0.15) is 0 Å². The van der Waals surface area contributed by atoms with Crippen LogP contribution in [0.4, 0.5) is 0 Å². The second-order valence-corrected chi connectivity index (χ2v) is 2.25. The summed E-state index contributed by atoms with van der Waals surface area (Å²) in [5.74, 6) is 0. The van der Waals surface area contributed by atoms with Crippen LogP contribution in [0.25, 0.3) is 0 Å². The van der Waals surface area contributed by atoms with Gasteiger partial charge >= 0.3 is 6.16 Å². The van der Waals surface area contributed by atoms with E-state index < -0.39 is 6.16 Å². The summed E-state index contributed by atoms with van der Waals surface area (Å²) in [5, 5.41) is 17.8. The van der Waals surface area contributed by atoms with Gasteiger partial charge in [0.2, 0.25) is 0 Å². The lowest BCUT2D eigenvalue weighted by molar-refractivity contribution is -0.470. The van der Waals surface area contributed by atoms with Crippen molar-refractivity contribution in [3.05, 3.63) is 0 Å².